The number of aliphatic imine (C=N–C) groups is 1. The molecule has 45 heavy (non-hydrogen) atoms. The summed E-state index contributed by atoms with van der Waals surface area (Å²) >= 11 is 1.90. The number of nitrogens with one attached hydrogen (secondary N) is 1. The summed E-state index contributed by atoms with van der Waals surface area (Å²) in [5.41, 5.74) is 13.6. The van der Waals surface area contributed by atoms with Crippen molar-refractivity contribution in [2.45, 2.75) is 40.6 Å². The number of anilines is 1. The lowest BCUT2D eigenvalue weighted by Gasteiger charge is -2.50. The van der Waals surface area contributed by atoms with Crippen molar-refractivity contribution in [3.63, 3.8) is 0 Å². The predicted molar refractivity (Wildman–Crippen MR) is 187 cm³/mol. The first kappa shape index (κ1) is 26.5. The molecule has 216 valence electrons. The normalized spacial score (nSPS) is 17.7. The monoisotopic (exact) mass is 596 g/mol. The van der Waals surface area contributed by atoms with Crippen LogP contribution in [-0.2, 0) is 10.8 Å². The molecule has 1 spiro atoms. The third-order valence-corrected chi connectivity index (χ3v) is 11.2. The number of nitrogens with zero attached hydrogens (tertiary/aromatic N) is 1. The van der Waals surface area contributed by atoms with Crippen molar-refractivity contribution in [1.29, 1.82) is 0 Å². The van der Waals surface area contributed by atoms with Gasteiger partial charge in [0.15, 0.2) is 0 Å². The topological polar surface area (TPSA) is 24.4 Å². The smallest absolute Gasteiger partial charge is 0.144 e. The zero-order valence-electron chi connectivity index (χ0n) is 25.3. The maximum atomic E-state index is 4.84. The van der Waals surface area contributed by atoms with Gasteiger partial charge >= 0.3 is 0 Å². The molecule has 9 rings (SSSR count). The van der Waals surface area contributed by atoms with Crippen molar-refractivity contribution >= 4 is 23.7 Å². The quantitative estimate of drug-likeness (QED) is 0.215. The van der Waals surface area contributed by atoms with Crippen LogP contribution in [0.3, 0.4) is 0 Å². The Labute approximate surface area is 268 Å². The maximum Gasteiger partial charge on any atom is 0.144 e. The molecule has 6 aromatic rings. The van der Waals surface area contributed by atoms with Gasteiger partial charge < -0.3 is 5.32 Å². The summed E-state index contributed by atoms with van der Waals surface area (Å²) in [6.45, 7) is 4.75. The van der Waals surface area contributed by atoms with Gasteiger partial charge in [-0.3, -0.25) is 4.99 Å². The van der Waals surface area contributed by atoms with E-state index in [0.29, 0.717) is 0 Å². The van der Waals surface area contributed by atoms with Gasteiger partial charge in [-0.05, 0) is 74.3 Å². The number of rotatable bonds is 2. The Hall–Kier alpha value is -4.86. The second-order valence-corrected chi connectivity index (χ2v) is 13.9. The number of para-hydroxylation sites is 1. The van der Waals surface area contributed by atoms with Crippen LogP contribution in [-0.4, -0.2) is 6.21 Å². The molecule has 0 fully saturated rings. The molecule has 0 aromatic heterocycles. The van der Waals surface area contributed by atoms with Gasteiger partial charge in [-0.25, -0.2) is 0 Å². The van der Waals surface area contributed by atoms with Crippen LogP contribution < -0.4 is 5.32 Å². The van der Waals surface area contributed by atoms with E-state index in [-0.39, 0.29) is 11.6 Å². The molecule has 1 N–H and O–H groups in total. The highest BCUT2D eigenvalue weighted by molar-refractivity contribution is 7.99. The highest BCUT2D eigenvalue weighted by Crippen LogP contribution is 2.61. The summed E-state index contributed by atoms with van der Waals surface area (Å²) in [5, 5.41) is 3.62. The lowest BCUT2D eigenvalue weighted by atomic mass is 9.54. The van der Waals surface area contributed by atoms with Crippen LogP contribution in [0, 0.1) is 0 Å². The van der Waals surface area contributed by atoms with E-state index >= 15 is 0 Å². The first-order valence-corrected chi connectivity index (χ1v) is 16.5. The van der Waals surface area contributed by atoms with Crippen molar-refractivity contribution < 1.29 is 0 Å². The van der Waals surface area contributed by atoms with Crippen molar-refractivity contribution in [2.75, 3.05) is 5.32 Å². The molecule has 6 aromatic carbocycles. The van der Waals surface area contributed by atoms with E-state index in [9.17, 15) is 0 Å². The highest BCUT2D eigenvalue weighted by Gasteiger charge is 2.51. The molecule has 1 unspecified atom stereocenters. The Morgan fingerprint density at radius 2 is 1.18 bits per heavy atom. The van der Waals surface area contributed by atoms with E-state index in [4.69, 9.17) is 4.99 Å². The fraction of sp³-hybridized carbons (Fsp3) is 0.119. The number of benzene rings is 6. The molecule has 0 saturated carbocycles. The zero-order valence-corrected chi connectivity index (χ0v) is 26.1. The molecule has 2 nitrogen and oxygen atoms in total. The number of fused-ring (bicyclic) bond motifs is 9. The molecule has 1 atom stereocenters. The number of hydrogen-bond acceptors (Lipinski definition) is 3. The van der Waals surface area contributed by atoms with Crippen molar-refractivity contribution in [3.05, 3.63) is 184 Å². The second kappa shape index (κ2) is 9.82. The molecular weight excluding hydrogens is 565 g/mol. The molecule has 0 saturated heterocycles. The zero-order chi connectivity index (χ0) is 30.2. The minimum absolute atomic E-state index is 0.103. The largest absolute Gasteiger partial charge is 0.360 e. The van der Waals surface area contributed by atoms with Gasteiger partial charge in [0.25, 0.3) is 0 Å². The summed E-state index contributed by atoms with van der Waals surface area (Å²) in [6.07, 6.45) is 1.87. The molecule has 1 aliphatic carbocycles. The van der Waals surface area contributed by atoms with E-state index in [1.807, 2.05) is 18.0 Å². The summed E-state index contributed by atoms with van der Waals surface area (Å²) in [5.74, 6) is 0. The third kappa shape index (κ3) is 3.80. The maximum absolute atomic E-state index is 4.84. The average Bonchev–Trinajstić information content (AvgIpc) is 3.10. The van der Waals surface area contributed by atoms with Gasteiger partial charge in [0.1, 0.15) is 6.17 Å². The molecule has 0 amide bonds. The molecule has 3 aliphatic rings. The van der Waals surface area contributed by atoms with E-state index in [1.54, 1.807) is 0 Å². The van der Waals surface area contributed by atoms with Gasteiger partial charge in [0, 0.05) is 32.7 Å². The van der Waals surface area contributed by atoms with E-state index in [2.05, 4.69) is 159 Å². The molecular formula is C42H32N2S. The minimum Gasteiger partial charge on any atom is -0.360 e. The van der Waals surface area contributed by atoms with Crippen LogP contribution in [0.25, 0.3) is 11.1 Å². The standard InChI is InChI=1S/C42H32N2S/c1-41(2)31-15-4-6-17-33(31)42(34-18-7-5-16-32(34)41)35-19-8-10-21-38(35)45-39-25-28(22-23-36(39)42)27-13-11-14-29(24-27)40-43-26-30-12-3-9-20-37(30)44-40/h3-26,40,44H,1-2H3. The Balaban J connectivity index is 1.22. The Morgan fingerprint density at radius 1 is 0.556 bits per heavy atom. The lowest BCUT2D eigenvalue weighted by molar-refractivity contribution is 0.549. The Morgan fingerprint density at radius 3 is 1.96 bits per heavy atom. The minimum atomic E-state index is -0.394. The highest BCUT2D eigenvalue weighted by atomic mass is 32.2. The van der Waals surface area contributed by atoms with Crippen LogP contribution in [0.15, 0.2) is 154 Å². The van der Waals surface area contributed by atoms with Crippen LogP contribution >= 0.6 is 11.8 Å². The van der Waals surface area contributed by atoms with Crippen LogP contribution in [0.5, 0.6) is 0 Å². The van der Waals surface area contributed by atoms with Gasteiger partial charge in [-0.2, -0.15) is 0 Å². The first-order valence-electron chi connectivity index (χ1n) is 15.7. The fourth-order valence-corrected chi connectivity index (χ4v) is 9.18. The summed E-state index contributed by atoms with van der Waals surface area (Å²) in [4.78, 5) is 7.47. The van der Waals surface area contributed by atoms with E-state index in [0.717, 1.165) is 16.8 Å². The molecule has 0 bridgehead atoms. The Kier molecular flexibility index (Phi) is 5.79. The second-order valence-electron chi connectivity index (χ2n) is 12.8. The van der Waals surface area contributed by atoms with Gasteiger partial charge in [0.05, 0.1) is 5.41 Å². The average molecular weight is 597 g/mol. The van der Waals surface area contributed by atoms with Gasteiger partial charge in [0.2, 0.25) is 0 Å². The van der Waals surface area contributed by atoms with Crippen molar-refractivity contribution in [2.24, 2.45) is 4.99 Å². The SMILES string of the molecule is CC1(C)c2ccccc2C2(c3ccccc3Sc3cc(-c4cccc(C5N=Cc6ccccc6N5)c4)ccc32)c2ccccc21. The lowest BCUT2D eigenvalue weighted by Crippen LogP contribution is -2.43. The summed E-state index contributed by atoms with van der Waals surface area (Å²) in [7, 11) is 0. The first-order chi connectivity index (χ1) is 22.0. The van der Waals surface area contributed by atoms with Crippen LogP contribution in [0.1, 0.15) is 64.5 Å². The Bertz CT molecular complexity index is 2130. The van der Waals surface area contributed by atoms with Gasteiger partial charge in [-0.1, -0.05) is 141 Å². The van der Waals surface area contributed by atoms with Crippen molar-refractivity contribution in [3.8, 4) is 11.1 Å². The van der Waals surface area contributed by atoms with E-state index < -0.39 is 5.41 Å². The molecule has 0 radical (unpaired) electrons. The number of hydrogen-bond donors (Lipinski definition) is 1. The fourth-order valence-electron chi connectivity index (χ4n) is 7.94. The summed E-state index contributed by atoms with van der Waals surface area (Å²) in [6, 6.07) is 51.6. The molecule has 3 heteroatoms. The van der Waals surface area contributed by atoms with Gasteiger partial charge in [-0.15, -0.1) is 0 Å². The van der Waals surface area contributed by atoms with Crippen molar-refractivity contribution in [1.82, 2.24) is 0 Å². The van der Waals surface area contributed by atoms with Crippen LogP contribution in [0.2, 0.25) is 0 Å². The molecule has 2 aliphatic heterocycles. The van der Waals surface area contributed by atoms with Crippen LogP contribution in [0.4, 0.5) is 5.69 Å². The summed E-state index contributed by atoms with van der Waals surface area (Å²) < 4.78 is 0. The molecule has 2 heterocycles. The third-order valence-electron chi connectivity index (χ3n) is 10.1. The van der Waals surface area contributed by atoms with E-state index in [1.165, 1.54) is 54.3 Å². The predicted octanol–water partition coefficient (Wildman–Crippen LogP) is 10.4.